The second-order valence-corrected chi connectivity index (χ2v) is 4.88. The lowest BCUT2D eigenvalue weighted by atomic mass is 10.1. The van der Waals surface area contributed by atoms with Gasteiger partial charge in [-0.05, 0) is 18.8 Å². The molecule has 98 valence electrons. The maximum absolute atomic E-state index is 12.2. The summed E-state index contributed by atoms with van der Waals surface area (Å²) in [4.78, 5) is 22.2. The predicted octanol–water partition coefficient (Wildman–Crippen LogP) is 1.78. The molecule has 1 N–H and O–H groups in total. The Labute approximate surface area is 108 Å². The molecule has 5 nitrogen and oxygen atoms in total. The molecule has 18 heavy (non-hydrogen) atoms. The first kappa shape index (κ1) is 12.8. The van der Waals surface area contributed by atoms with E-state index in [-0.39, 0.29) is 5.91 Å². The third kappa shape index (κ3) is 2.97. The van der Waals surface area contributed by atoms with Gasteiger partial charge in [-0.1, -0.05) is 12.8 Å². The van der Waals surface area contributed by atoms with Gasteiger partial charge in [0.1, 0.15) is 11.5 Å². The molecule has 2 rings (SSSR count). The van der Waals surface area contributed by atoms with Crippen molar-refractivity contribution in [2.75, 3.05) is 26.0 Å². The van der Waals surface area contributed by atoms with Crippen LogP contribution < -0.4 is 5.32 Å². The van der Waals surface area contributed by atoms with E-state index in [0.717, 1.165) is 6.54 Å². The average Bonchev–Trinajstić information content (AvgIpc) is 2.90. The van der Waals surface area contributed by atoms with Gasteiger partial charge in [0.15, 0.2) is 0 Å². The smallest absolute Gasteiger partial charge is 0.273 e. The van der Waals surface area contributed by atoms with E-state index in [2.05, 4.69) is 15.3 Å². The number of nitrogens with one attached hydrogen (secondary N) is 1. The van der Waals surface area contributed by atoms with E-state index >= 15 is 0 Å². The third-order valence-corrected chi connectivity index (χ3v) is 3.46. The molecule has 1 aliphatic carbocycles. The number of anilines is 1. The summed E-state index contributed by atoms with van der Waals surface area (Å²) in [6, 6.07) is 0. The highest BCUT2D eigenvalue weighted by Crippen LogP contribution is 2.25. The van der Waals surface area contributed by atoms with Gasteiger partial charge in [0.2, 0.25) is 0 Å². The van der Waals surface area contributed by atoms with Crippen molar-refractivity contribution in [2.45, 2.75) is 25.7 Å². The monoisotopic (exact) mass is 248 g/mol. The topological polar surface area (TPSA) is 58.1 Å². The molecule has 1 fully saturated rings. The molecule has 1 aliphatic rings. The van der Waals surface area contributed by atoms with Crippen LogP contribution in [0, 0.1) is 5.92 Å². The number of rotatable bonds is 4. The molecule has 0 bridgehead atoms. The fourth-order valence-corrected chi connectivity index (χ4v) is 2.45. The average molecular weight is 248 g/mol. The summed E-state index contributed by atoms with van der Waals surface area (Å²) in [6.45, 7) is 0.824. The van der Waals surface area contributed by atoms with E-state index in [1.165, 1.54) is 31.9 Å². The summed E-state index contributed by atoms with van der Waals surface area (Å²) in [5.74, 6) is 1.22. The lowest BCUT2D eigenvalue weighted by Crippen LogP contribution is -2.31. The normalized spacial score (nSPS) is 15.7. The molecule has 0 saturated heterocycles. The first-order valence-corrected chi connectivity index (χ1v) is 6.46. The van der Waals surface area contributed by atoms with E-state index < -0.39 is 0 Å². The molecular weight excluding hydrogens is 228 g/mol. The molecule has 1 aromatic heterocycles. The van der Waals surface area contributed by atoms with Gasteiger partial charge in [0.25, 0.3) is 5.91 Å². The Balaban J connectivity index is 2.00. The van der Waals surface area contributed by atoms with Crippen LogP contribution in [-0.2, 0) is 0 Å². The van der Waals surface area contributed by atoms with Crippen molar-refractivity contribution >= 4 is 11.7 Å². The van der Waals surface area contributed by atoms with Crippen LogP contribution in [0.3, 0.4) is 0 Å². The van der Waals surface area contributed by atoms with E-state index in [4.69, 9.17) is 0 Å². The van der Waals surface area contributed by atoms with Gasteiger partial charge in [-0.3, -0.25) is 9.78 Å². The number of carbonyl (C=O) groups excluding carboxylic acids is 1. The van der Waals surface area contributed by atoms with Crippen molar-refractivity contribution in [1.29, 1.82) is 0 Å². The Bertz CT molecular complexity index is 415. The van der Waals surface area contributed by atoms with Crippen molar-refractivity contribution in [2.24, 2.45) is 5.92 Å². The van der Waals surface area contributed by atoms with Gasteiger partial charge in [0.05, 0.1) is 12.4 Å². The van der Waals surface area contributed by atoms with Crippen LogP contribution in [0.25, 0.3) is 0 Å². The van der Waals surface area contributed by atoms with Crippen LogP contribution in [0.2, 0.25) is 0 Å². The van der Waals surface area contributed by atoms with Crippen molar-refractivity contribution in [3.63, 3.8) is 0 Å². The number of hydrogen-bond donors (Lipinski definition) is 1. The van der Waals surface area contributed by atoms with Gasteiger partial charge in [-0.2, -0.15) is 0 Å². The van der Waals surface area contributed by atoms with Crippen LogP contribution in [0.15, 0.2) is 12.4 Å². The summed E-state index contributed by atoms with van der Waals surface area (Å²) < 4.78 is 0. The van der Waals surface area contributed by atoms with Crippen LogP contribution in [0.1, 0.15) is 36.2 Å². The highest BCUT2D eigenvalue weighted by molar-refractivity contribution is 5.92. The van der Waals surface area contributed by atoms with Crippen LogP contribution >= 0.6 is 0 Å². The Kier molecular flexibility index (Phi) is 4.12. The minimum atomic E-state index is -0.0495. The molecule has 0 unspecified atom stereocenters. The molecule has 1 heterocycles. The standard InChI is InChI=1S/C13H20N4O/c1-14-12-8-15-7-11(16-12)13(18)17(2)9-10-5-3-4-6-10/h7-8,10H,3-6,9H2,1-2H3,(H,14,16). The van der Waals surface area contributed by atoms with E-state index in [0.29, 0.717) is 17.4 Å². The largest absolute Gasteiger partial charge is 0.372 e. The van der Waals surface area contributed by atoms with Crippen LogP contribution in [-0.4, -0.2) is 41.4 Å². The van der Waals surface area contributed by atoms with Gasteiger partial charge < -0.3 is 10.2 Å². The van der Waals surface area contributed by atoms with Gasteiger partial charge in [-0.15, -0.1) is 0 Å². The minimum Gasteiger partial charge on any atom is -0.372 e. The lowest BCUT2D eigenvalue weighted by Gasteiger charge is -2.20. The Morgan fingerprint density at radius 3 is 2.83 bits per heavy atom. The van der Waals surface area contributed by atoms with Crippen LogP contribution in [0.5, 0.6) is 0 Å². The number of carbonyl (C=O) groups is 1. The van der Waals surface area contributed by atoms with E-state index in [1.807, 2.05) is 7.05 Å². The van der Waals surface area contributed by atoms with Crippen molar-refractivity contribution in [3.05, 3.63) is 18.1 Å². The third-order valence-electron chi connectivity index (χ3n) is 3.46. The number of amides is 1. The number of aromatic nitrogens is 2. The zero-order chi connectivity index (χ0) is 13.0. The maximum Gasteiger partial charge on any atom is 0.273 e. The predicted molar refractivity (Wildman–Crippen MR) is 70.5 cm³/mol. The van der Waals surface area contributed by atoms with Gasteiger partial charge >= 0.3 is 0 Å². The number of nitrogens with zero attached hydrogens (tertiary/aromatic N) is 3. The van der Waals surface area contributed by atoms with Crippen molar-refractivity contribution in [1.82, 2.24) is 14.9 Å². The Morgan fingerprint density at radius 2 is 2.17 bits per heavy atom. The quantitative estimate of drug-likeness (QED) is 0.882. The van der Waals surface area contributed by atoms with Crippen molar-refractivity contribution in [3.8, 4) is 0 Å². The summed E-state index contributed by atoms with van der Waals surface area (Å²) >= 11 is 0. The van der Waals surface area contributed by atoms with Crippen LogP contribution in [0.4, 0.5) is 5.82 Å². The molecule has 5 heteroatoms. The fourth-order valence-electron chi connectivity index (χ4n) is 2.45. The zero-order valence-electron chi connectivity index (χ0n) is 11.0. The molecule has 0 aromatic carbocycles. The Morgan fingerprint density at radius 1 is 1.44 bits per heavy atom. The zero-order valence-corrected chi connectivity index (χ0v) is 11.0. The van der Waals surface area contributed by atoms with Crippen molar-refractivity contribution < 1.29 is 4.79 Å². The van der Waals surface area contributed by atoms with E-state index in [1.54, 1.807) is 18.1 Å². The molecule has 0 atom stereocenters. The number of hydrogen-bond acceptors (Lipinski definition) is 4. The molecule has 1 amide bonds. The van der Waals surface area contributed by atoms with E-state index in [9.17, 15) is 4.79 Å². The second-order valence-electron chi connectivity index (χ2n) is 4.88. The lowest BCUT2D eigenvalue weighted by molar-refractivity contribution is 0.0767. The molecule has 0 radical (unpaired) electrons. The SMILES string of the molecule is CNc1cncc(C(=O)N(C)CC2CCCC2)n1. The highest BCUT2D eigenvalue weighted by Gasteiger charge is 2.21. The second kappa shape index (κ2) is 5.80. The molecular formula is C13H20N4O. The van der Waals surface area contributed by atoms with Gasteiger partial charge in [0, 0.05) is 20.6 Å². The van der Waals surface area contributed by atoms with Gasteiger partial charge in [-0.25, -0.2) is 4.98 Å². The fraction of sp³-hybridized carbons (Fsp3) is 0.615. The molecule has 0 aliphatic heterocycles. The molecule has 0 spiro atoms. The molecule has 1 aromatic rings. The first-order valence-electron chi connectivity index (χ1n) is 6.46. The first-order chi connectivity index (χ1) is 8.70. The summed E-state index contributed by atoms with van der Waals surface area (Å²) in [7, 11) is 3.61. The summed E-state index contributed by atoms with van der Waals surface area (Å²) in [5.41, 5.74) is 0.405. The maximum atomic E-state index is 12.2. The Hall–Kier alpha value is -1.65. The molecule has 1 saturated carbocycles. The summed E-state index contributed by atoms with van der Waals surface area (Å²) in [6.07, 6.45) is 8.19. The minimum absolute atomic E-state index is 0.0495. The highest BCUT2D eigenvalue weighted by atomic mass is 16.2. The summed E-state index contributed by atoms with van der Waals surface area (Å²) in [5, 5.41) is 2.89.